The van der Waals surface area contributed by atoms with Gasteiger partial charge in [-0.25, -0.2) is 0 Å². The molecule has 0 aromatic heterocycles. The molecule has 0 radical (unpaired) electrons. The Morgan fingerprint density at radius 1 is 0.667 bits per heavy atom. The van der Waals surface area contributed by atoms with Crippen molar-refractivity contribution in [2.45, 2.75) is 19.1 Å². The summed E-state index contributed by atoms with van der Waals surface area (Å²) in [7, 11) is 1.61. The number of hydrogen-bond acceptors (Lipinski definition) is 5. The molecule has 0 N–H and O–H groups in total. The smallest absolute Gasteiger partial charge is 0.325 e. The quantitative estimate of drug-likeness (QED) is 0.270. The molecule has 5 nitrogen and oxygen atoms in total. The lowest BCUT2D eigenvalue weighted by atomic mass is 9.96. The van der Waals surface area contributed by atoms with Crippen molar-refractivity contribution in [2.24, 2.45) is 0 Å². The van der Waals surface area contributed by atoms with Gasteiger partial charge in [-0.2, -0.15) is 0 Å². The molecule has 0 bridgehead atoms. The summed E-state index contributed by atoms with van der Waals surface area (Å²) in [6.07, 6.45) is 0. The second-order valence-corrected chi connectivity index (χ2v) is 7.59. The molecule has 0 spiro atoms. The molecule has 0 fully saturated rings. The zero-order valence-corrected chi connectivity index (χ0v) is 18.3. The Bertz CT molecular complexity index is 1180. The Balaban J connectivity index is 1.58. The summed E-state index contributed by atoms with van der Waals surface area (Å²) in [5.74, 6) is -1.75. The van der Waals surface area contributed by atoms with Crippen molar-refractivity contribution in [1.82, 2.24) is 0 Å². The molecule has 0 saturated carbocycles. The normalized spacial score (nSPS) is 10.7. The van der Waals surface area contributed by atoms with Gasteiger partial charge in [-0.05, 0) is 45.7 Å². The largest absolute Gasteiger partial charge is 0.497 e. The first-order valence-corrected chi connectivity index (χ1v) is 10.6. The highest BCUT2D eigenvalue weighted by Crippen LogP contribution is 2.27. The second-order valence-electron chi connectivity index (χ2n) is 7.59. The molecule has 5 heteroatoms. The number of carbonyl (C=O) groups is 2. The van der Waals surface area contributed by atoms with Gasteiger partial charge in [0.2, 0.25) is 0 Å². The monoisotopic (exact) mass is 440 g/mol. The number of esters is 2. The maximum Gasteiger partial charge on any atom is 0.325 e. The molecule has 0 heterocycles. The molecule has 0 unspecified atom stereocenters. The van der Waals surface area contributed by atoms with Crippen LogP contribution < -0.4 is 4.74 Å². The fourth-order valence-corrected chi connectivity index (χ4v) is 3.54. The summed E-state index contributed by atoms with van der Waals surface area (Å²) in [6, 6.07) is 29.7. The Morgan fingerprint density at radius 2 is 1.18 bits per heavy atom. The van der Waals surface area contributed by atoms with E-state index >= 15 is 0 Å². The highest BCUT2D eigenvalue weighted by molar-refractivity contribution is 6.01. The van der Waals surface area contributed by atoms with Crippen LogP contribution in [0.2, 0.25) is 0 Å². The van der Waals surface area contributed by atoms with Crippen LogP contribution in [-0.2, 0) is 32.3 Å². The molecular formula is C28H24O5. The van der Waals surface area contributed by atoms with Crippen LogP contribution in [0.15, 0.2) is 97.1 Å². The maximum atomic E-state index is 13.1. The highest BCUT2D eigenvalue weighted by Gasteiger charge is 2.32. The summed E-state index contributed by atoms with van der Waals surface area (Å²) in [5, 5.41) is 1.82. The van der Waals surface area contributed by atoms with Crippen LogP contribution in [-0.4, -0.2) is 19.0 Å². The third kappa shape index (κ3) is 5.57. The topological polar surface area (TPSA) is 61.8 Å². The number of carbonyl (C=O) groups excluding carboxylic acids is 2. The van der Waals surface area contributed by atoms with E-state index in [9.17, 15) is 9.59 Å². The van der Waals surface area contributed by atoms with Crippen LogP contribution in [0.4, 0.5) is 0 Å². The van der Waals surface area contributed by atoms with Crippen molar-refractivity contribution in [1.29, 1.82) is 0 Å². The van der Waals surface area contributed by atoms with Gasteiger partial charge in [0.25, 0.3) is 0 Å². The molecule has 0 atom stereocenters. The van der Waals surface area contributed by atoms with Crippen LogP contribution in [0.25, 0.3) is 10.8 Å². The van der Waals surface area contributed by atoms with Crippen molar-refractivity contribution in [2.75, 3.05) is 7.11 Å². The summed E-state index contributed by atoms with van der Waals surface area (Å²) < 4.78 is 16.3. The van der Waals surface area contributed by atoms with E-state index in [1.165, 1.54) is 0 Å². The number of rotatable bonds is 8. The number of benzene rings is 4. The van der Waals surface area contributed by atoms with Crippen LogP contribution in [0, 0.1) is 0 Å². The minimum Gasteiger partial charge on any atom is -0.497 e. The Kier molecular flexibility index (Phi) is 7.00. The minimum absolute atomic E-state index is 0.0763. The summed E-state index contributed by atoms with van der Waals surface area (Å²) in [5.41, 5.74) is 2.20. The lowest BCUT2D eigenvalue weighted by Gasteiger charge is -2.17. The van der Waals surface area contributed by atoms with Crippen LogP contribution in [0.3, 0.4) is 0 Å². The fourth-order valence-electron chi connectivity index (χ4n) is 3.54. The molecule has 4 aromatic carbocycles. The molecule has 4 rings (SSSR count). The van der Waals surface area contributed by atoms with Crippen molar-refractivity contribution >= 4 is 22.7 Å². The average molecular weight is 440 g/mol. The van der Waals surface area contributed by atoms with Gasteiger partial charge in [-0.1, -0.05) is 78.9 Å². The predicted octanol–water partition coefficient (Wildman–Crippen LogP) is 5.42. The van der Waals surface area contributed by atoms with E-state index in [0.29, 0.717) is 5.56 Å². The third-order valence-corrected chi connectivity index (χ3v) is 5.32. The third-order valence-electron chi connectivity index (χ3n) is 5.32. The van der Waals surface area contributed by atoms with E-state index in [2.05, 4.69) is 0 Å². The fraction of sp³-hybridized carbons (Fsp3) is 0.143. The number of ether oxygens (including phenoxy) is 3. The van der Waals surface area contributed by atoms with E-state index in [1.54, 1.807) is 13.2 Å². The van der Waals surface area contributed by atoms with Crippen LogP contribution in [0.5, 0.6) is 5.75 Å². The first-order valence-electron chi connectivity index (χ1n) is 10.6. The lowest BCUT2D eigenvalue weighted by molar-refractivity contribution is -0.159. The second kappa shape index (κ2) is 10.5. The van der Waals surface area contributed by atoms with Gasteiger partial charge in [0, 0.05) is 0 Å². The maximum absolute atomic E-state index is 13.1. The van der Waals surface area contributed by atoms with Gasteiger partial charge in [0.15, 0.2) is 5.92 Å². The van der Waals surface area contributed by atoms with Crippen molar-refractivity contribution in [3.05, 3.63) is 114 Å². The van der Waals surface area contributed by atoms with Gasteiger partial charge in [-0.15, -0.1) is 0 Å². The standard InChI is InChI=1S/C28H24O5/c1-31-25-15-14-22-16-24(13-12-23(22)17-25)26(27(29)32-18-20-8-4-2-5-9-20)28(30)33-19-21-10-6-3-7-11-21/h2-17,26H,18-19H2,1H3. The van der Waals surface area contributed by atoms with Crippen molar-refractivity contribution in [3.63, 3.8) is 0 Å². The first kappa shape index (κ1) is 22.1. The molecule has 0 aliphatic rings. The predicted molar refractivity (Wildman–Crippen MR) is 126 cm³/mol. The average Bonchev–Trinajstić information content (AvgIpc) is 2.87. The Hall–Kier alpha value is -4.12. The van der Waals surface area contributed by atoms with Gasteiger partial charge in [-0.3, -0.25) is 9.59 Å². The van der Waals surface area contributed by atoms with Crippen LogP contribution >= 0.6 is 0 Å². The summed E-state index contributed by atoms with van der Waals surface area (Å²) in [4.78, 5) is 26.1. The zero-order chi connectivity index (χ0) is 23.0. The minimum atomic E-state index is -1.19. The van der Waals surface area contributed by atoms with Gasteiger partial charge in [0.05, 0.1) is 7.11 Å². The molecule has 0 aliphatic carbocycles. The van der Waals surface area contributed by atoms with Crippen molar-refractivity contribution in [3.8, 4) is 5.75 Å². The first-order chi connectivity index (χ1) is 16.1. The molecule has 0 aliphatic heterocycles. The SMILES string of the molecule is COc1ccc2cc(C(C(=O)OCc3ccccc3)C(=O)OCc3ccccc3)ccc2c1. The van der Waals surface area contributed by atoms with Crippen LogP contribution in [0.1, 0.15) is 22.6 Å². The van der Waals surface area contributed by atoms with Gasteiger partial charge < -0.3 is 14.2 Å². The number of hydrogen-bond donors (Lipinski definition) is 0. The van der Waals surface area contributed by atoms with Gasteiger partial charge in [0.1, 0.15) is 19.0 Å². The number of fused-ring (bicyclic) bond motifs is 1. The Labute approximate surface area is 192 Å². The molecule has 166 valence electrons. The van der Waals surface area contributed by atoms with Crippen molar-refractivity contribution < 1.29 is 23.8 Å². The molecule has 0 amide bonds. The highest BCUT2D eigenvalue weighted by atomic mass is 16.6. The van der Waals surface area contributed by atoms with E-state index in [4.69, 9.17) is 14.2 Å². The van der Waals surface area contributed by atoms with E-state index < -0.39 is 17.9 Å². The Morgan fingerprint density at radius 3 is 1.73 bits per heavy atom. The van der Waals surface area contributed by atoms with E-state index in [1.807, 2.05) is 91.0 Å². The van der Waals surface area contributed by atoms with E-state index in [-0.39, 0.29) is 13.2 Å². The lowest BCUT2D eigenvalue weighted by Crippen LogP contribution is -2.26. The molecule has 4 aromatic rings. The summed E-state index contributed by atoms with van der Waals surface area (Å²) in [6.45, 7) is 0.153. The molecule has 33 heavy (non-hydrogen) atoms. The molecule has 0 saturated heterocycles. The molecular weight excluding hydrogens is 416 g/mol. The summed E-state index contributed by atoms with van der Waals surface area (Å²) >= 11 is 0. The number of methoxy groups -OCH3 is 1. The van der Waals surface area contributed by atoms with E-state index in [0.717, 1.165) is 27.6 Å². The zero-order valence-electron chi connectivity index (χ0n) is 18.3. The van der Waals surface area contributed by atoms with Gasteiger partial charge >= 0.3 is 11.9 Å².